The fourth-order valence-corrected chi connectivity index (χ4v) is 5.05. The smallest absolute Gasteiger partial charge is 0.255 e. The number of benzene rings is 2. The van der Waals surface area contributed by atoms with Crippen molar-refractivity contribution in [2.75, 3.05) is 49.2 Å². The normalized spacial score (nSPS) is 16.9. The number of anilines is 2. The summed E-state index contributed by atoms with van der Waals surface area (Å²) in [5.74, 6) is 0.538. The molecule has 5 rings (SSSR count). The number of morpholine rings is 1. The van der Waals surface area contributed by atoms with Crippen LogP contribution in [0.3, 0.4) is 0 Å². The average molecular weight is 451 g/mol. The zero-order chi connectivity index (χ0) is 21.9. The quantitative estimate of drug-likeness (QED) is 0.621. The molecule has 2 aromatic carbocycles. The van der Waals surface area contributed by atoms with Crippen molar-refractivity contribution in [3.8, 4) is 0 Å². The summed E-state index contributed by atoms with van der Waals surface area (Å²) >= 11 is 1.63. The summed E-state index contributed by atoms with van der Waals surface area (Å²) in [5, 5.41) is 6.97. The zero-order valence-corrected chi connectivity index (χ0v) is 18.6. The molecule has 2 aliphatic rings. The van der Waals surface area contributed by atoms with Gasteiger partial charge in [0, 0.05) is 71.6 Å². The van der Waals surface area contributed by atoms with Gasteiger partial charge < -0.3 is 19.9 Å². The van der Waals surface area contributed by atoms with Crippen molar-refractivity contribution in [3.63, 3.8) is 0 Å². The highest BCUT2D eigenvalue weighted by Crippen LogP contribution is 2.31. The number of carbonyl (C=O) groups is 2. The molecule has 2 N–H and O–H groups in total. The van der Waals surface area contributed by atoms with Gasteiger partial charge in [0.2, 0.25) is 5.91 Å². The summed E-state index contributed by atoms with van der Waals surface area (Å²) < 4.78 is 7.67. The van der Waals surface area contributed by atoms with E-state index in [-0.39, 0.29) is 11.8 Å². The maximum Gasteiger partial charge on any atom is 0.255 e. The highest BCUT2D eigenvalue weighted by Gasteiger charge is 2.16. The number of ether oxygens (including phenoxy) is 1. The van der Waals surface area contributed by atoms with Crippen molar-refractivity contribution in [2.45, 2.75) is 17.9 Å². The second-order valence-corrected chi connectivity index (χ2v) is 9.19. The first-order valence-corrected chi connectivity index (χ1v) is 11.9. The van der Waals surface area contributed by atoms with Crippen molar-refractivity contribution in [3.05, 3.63) is 54.2 Å². The van der Waals surface area contributed by atoms with Crippen LogP contribution in [0.2, 0.25) is 0 Å². The number of nitrogens with zero attached hydrogens (tertiary/aromatic N) is 2. The Hall–Kier alpha value is -2.81. The molecule has 0 unspecified atom stereocenters. The topological polar surface area (TPSA) is 75.6 Å². The molecule has 0 spiro atoms. The minimum Gasteiger partial charge on any atom is -0.379 e. The number of fused-ring (bicyclic) bond motifs is 2. The van der Waals surface area contributed by atoms with Crippen LogP contribution in [0.5, 0.6) is 0 Å². The van der Waals surface area contributed by atoms with E-state index in [0.29, 0.717) is 17.7 Å². The van der Waals surface area contributed by atoms with Gasteiger partial charge in [-0.2, -0.15) is 0 Å². The van der Waals surface area contributed by atoms with Crippen LogP contribution in [0, 0.1) is 0 Å². The van der Waals surface area contributed by atoms with E-state index in [4.69, 9.17) is 4.74 Å². The van der Waals surface area contributed by atoms with Gasteiger partial charge in [-0.15, -0.1) is 11.8 Å². The average Bonchev–Trinajstić information content (AvgIpc) is 3.11. The summed E-state index contributed by atoms with van der Waals surface area (Å²) in [6, 6.07) is 13.5. The number of aromatic nitrogens is 1. The van der Waals surface area contributed by atoms with Crippen molar-refractivity contribution in [1.29, 1.82) is 0 Å². The maximum atomic E-state index is 12.8. The lowest BCUT2D eigenvalue weighted by Gasteiger charge is -2.26. The minimum absolute atomic E-state index is 0.0163. The third kappa shape index (κ3) is 4.67. The Morgan fingerprint density at radius 2 is 1.97 bits per heavy atom. The van der Waals surface area contributed by atoms with E-state index in [1.807, 2.05) is 18.2 Å². The number of carbonyl (C=O) groups excluding carboxylic acids is 2. The van der Waals surface area contributed by atoms with Crippen LogP contribution in [0.4, 0.5) is 11.4 Å². The van der Waals surface area contributed by atoms with Crippen LogP contribution in [-0.2, 0) is 16.1 Å². The summed E-state index contributed by atoms with van der Waals surface area (Å²) in [5.41, 5.74) is 3.13. The Kier molecular flexibility index (Phi) is 6.16. The summed E-state index contributed by atoms with van der Waals surface area (Å²) in [6.07, 6.45) is 2.58. The fraction of sp³-hybridized carbons (Fsp3) is 0.333. The van der Waals surface area contributed by atoms with Gasteiger partial charge in [0.15, 0.2) is 0 Å². The van der Waals surface area contributed by atoms with Gasteiger partial charge >= 0.3 is 0 Å². The predicted octanol–water partition coefficient (Wildman–Crippen LogP) is 3.66. The third-order valence-electron chi connectivity index (χ3n) is 5.89. The van der Waals surface area contributed by atoms with Crippen LogP contribution in [-0.4, -0.2) is 59.9 Å². The Balaban J connectivity index is 1.27. The van der Waals surface area contributed by atoms with Gasteiger partial charge in [0.05, 0.1) is 18.9 Å². The number of hydrogen-bond acceptors (Lipinski definition) is 5. The van der Waals surface area contributed by atoms with Crippen molar-refractivity contribution in [2.24, 2.45) is 0 Å². The van der Waals surface area contributed by atoms with E-state index in [9.17, 15) is 9.59 Å². The highest BCUT2D eigenvalue weighted by atomic mass is 32.2. The molecule has 0 saturated carbocycles. The fourth-order valence-electron chi connectivity index (χ4n) is 4.11. The van der Waals surface area contributed by atoms with Gasteiger partial charge in [-0.1, -0.05) is 0 Å². The summed E-state index contributed by atoms with van der Waals surface area (Å²) in [6.45, 7) is 5.52. The summed E-state index contributed by atoms with van der Waals surface area (Å²) in [4.78, 5) is 28.1. The standard InChI is InChI=1S/C24H26N4O3S/c29-23-6-14-32-22-4-1-18(16-20(22)26-23)24(30)25-19-2-3-21-17(15-19)5-7-28(21)9-8-27-10-12-31-13-11-27/h1-5,7,15-16H,6,8-14H2,(H,25,30)(H,26,29). The van der Waals surface area contributed by atoms with Gasteiger partial charge in [0.1, 0.15) is 0 Å². The molecule has 32 heavy (non-hydrogen) atoms. The van der Waals surface area contributed by atoms with E-state index < -0.39 is 0 Å². The Morgan fingerprint density at radius 1 is 1.09 bits per heavy atom. The first kappa shape index (κ1) is 21.1. The molecule has 3 heterocycles. The Labute approximate surface area is 191 Å². The largest absolute Gasteiger partial charge is 0.379 e. The van der Waals surface area contributed by atoms with Crippen LogP contribution in [0.1, 0.15) is 16.8 Å². The zero-order valence-electron chi connectivity index (χ0n) is 17.8. The van der Waals surface area contributed by atoms with Gasteiger partial charge in [-0.05, 0) is 42.5 Å². The number of nitrogens with one attached hydrogen (secondary N) is 2. The molecule has 3 aromatic rings. The molecule has 2 aliphatic heterocycles. The van der Waals surface area contributed by atoms with Crippen LogP contribution >= 0.6 is 11.8 Å². The van der Waals surface area contributed by atoms with E-state index in [1.54, 1.807) is 23.9 Å². The third-order valence-corrected chi connectivity index (χ3v) is 6.97. The number of thioether (sulfide) groups is 1. The molecule has 0 atom stereocenters. The number of hydrogen-bond donors (Lipinski definition) is 2. The molecule has 2 amide bonds. The Morgan fingerprint density at radius 3 is 2.84 bits per heavy atom. The van der Waals surface area contributed by atoms with Crippen molar-refractivity contribution in [1.82, 2.24) is 9.47 Å². The molecule has 8 heteroatoms. The van der Waals surface area contributed by atoms with Gasteiger partial charge in [-0.25, -0.2) is 0 Å². The first-order valence-electron chi connectivity index (χ1n) is 10.9. The molecule has 166 valence electrons. The highest BCUT2D eigenvalue weighted by molar-refractivity contribution is 7.99. The maximum absolute atomic E-state index is 12.8. The van der Waals surface area contributed by atoms with Crippen LogP contribution < -0.4 is 10.6 Å². The molecular formula is C24H26N4O3S. The molecule has 7 nitrogen and oxygen atoms in total. The molecule has 0 radical (unpaired) electrons. The molecule has 1 saturated heterocycles. The van der Waals surface area contributed by atoms with E-state index in [1.165, 1.54) is 0 Å². The first-order chi connectivity index (χ1) is 15.7. The molecular weight excluding hydrogens is 424 g/mol. The van der Waals surface area contributed by atoms with E-state index in [2.05, 4.69) is 38.4 Å². The number of amides is 2. The Bertz CT molecular complexity index is 1150. The van der Waals surface area contributed by atoms with Gasteiger partial charge in [-0.3, -0.25) is 14.5 Å². The van der Waals surface area contributed by atoms with Crippen LogP contribution in [0.15, 0.2) is 53.6 Å². The molecule has 1 aromatic heterocycles. The predicted molar refractivity (Wildman–Crippen MR) is 128 cm³/mol. The lowest BCUT2D eigenvalue weighted by molar-refractivity contribution is -0.115. The number of rotatable bonds is 5. The second kappa shape index (κ2) is 9.36. The summed E-state index contributed by atoms with van der Waals surface area (Å²) in [7, 11) is 0. The molecule has 0 bridgehead atoms. The van der Waals surface area contributed by atoms with Crippen molar-refractivity contribution < 1.29 is 14.3 Å². The minimum atomic E-state index is -0.192. The van der Waals surface area contributed by atoms with Gasteiger partial charge in [0.25, 0.3) is 5.91 Å². The van der Waals surface area contributed by atoms with E-state index >= 15 is 0 Å². The second-order valence-electron chi connectivity index (χ2n) is 8.05. The SMILES string of the molecule is O=C1CCSc2ccc(C(=O)Nc3ccc4c(ccn4CCN4CCOCC4)c3)cc2N1. The molecule has 0 aliphatic carbocycles. The molecule has 1 fully saturated rings. The van der Waals surface area contributed by atoms with E-state index in [0.717, 1.165) is 66.6 Å². The lowest BCUT2D eigenvalue weighted by atomic mass is 10.1. The monoisotopic (exact) mass is 450 g/mol. The van der Waals surface area contributed by atoms with Crippen LogP contribution in [0.25, 0.3) is 10.9 Å². The van der Waals surface area contributed by atoms with Crippen molar-refractivity contribution >= 4 is 45.9 Å². The lowest BCUT2D eigenvalue weighted by Crippen LogP contribution is -2.38.